The summed E-state index contributed by atoms with van der Waals surface area (Å²) >= 11 is 0. The standard InChI is InChI=1S/C18H21N3O3/c1-13(17(22)20-12-14-7-5-4-6-8-14)24-18(23)15-9-10-19-16(11-15)21(2)3/h4-11,13H,12H2,1-3H3,(H,20,22)/t13-/m1/s1. The minimum Gasteiger partial charge on any atom is -0.449 e. The zero-order chi connectivity index (χ0) is 17.5. The molecule has 0 fully saturated rings. The molecule has 0 saturated carbocycles. The van der Waals surface area contributed by atoms with Crippen LogP contribution in [0.25, 0.3) is 0 Å². The predicted molar refractivity (Wildman–Crippen MR) is 91.7 cm³/mol. The SMILES string of the molecule is C[C@@H](OC(=O)c1ccnc(N(C)C)c1)C(=O)NCc1ccccc1. The van der Waals surface area contributed by atoms with Gasteiger partial charge in [0.05, 0.1) is 5.56 Å². The smallest absolute Gasteiger partial charge is 0.339 e. The van der Waals surface area contributed by atoms with Gasteiger partial charge in [0.1, 0.15) is 5.82 Å². The van der Waals surface area contributed by atoms with E-state index >= 15 is 0 Å². The number of hydrogen-bond donors (Lipinski definition) is 1. The quantitative estimate of drug-likeness (QED) is 0.822. The van der Waals surface area contributed by atoms with E-state index in [1.165, 1.54) is 6.20 Å². The highest BCUT2D eigenvalue weighted by Gasteiger charge is 2.19. The van der Waals surface area contributed by atoms with E-state index in [9.17, 15) is 9.59 Å². The van der Waals surface area contributed by atoms with Crippen molar-refractivity contribution in [3.63, 3.8) is 0 Å². The highest BCUT2D eigenvalue weighted by Crippen LogP contribution is 2.11. The molecule has 2 rings (SSSR count). The molecular weight excluding hydrogens is 306 g/mol. The van der Waals surface area contributed by atoms with Crippen LogP contribution in [0, 0.1) is 0 Å². The van der Waals surface area contributed by atoms with Gasteiger partial charge < -0.3 is 15.0 Å². The zero-order valence-electron chi connectivity index (χ0n) is 14.0. The Hall–Kier alpha value is -2.89. The molecule has 0 aliphatic carbocycles. The minimum absolute atomic E-state index is 0.339. The van der Waals surface area contributed by atoms with Crippen molar-refractivity contribution in [3.05, 3.63) is 59.8 Å². The number of nitrogens with zero attached hydrogens (tertiary/aromatic N) is 2. The van der Waals surface area contributed by atoms with Crippen molar-refractivity contribution in [2.75, 3.05) is 19.0 Å². The first kappa shape index (κ1) is 17.5. The highest BCUT2D eigenvalue weighted by atomic mass is 16.5. The second-order valence-corrected chi connectivity index (χ2v) is 5.55. The second kappa shape index (κ2) is 8.10. The normalized spacial score (nSPS) is 11.5. The summed E-state index contributed by atoms with van der Waals surface area (Å²) in [7, 11) is 3.66. The summed E-state index contributed by atoms with van der Waals surface area (Å²) in [5, 5.41) is 2.75. The second-order valence-electron chi connectivity index (χ2n) is 5.55. The Balaban J connectivity index is 1.91. The highest BCUT2D eigenvalue weighted by molar-refractivity contribution is 5.92. The van der Waals surface area contributed by atoms with Gasteiger partial charge in [-0.25, -0.2) is 9.78 Å². The maximum atomic E-state index is 12.2. The molecule has 0 aliphatic heterocycles. The molecule has 0 bridgehead atoms. The Morgan fingerprint density at radius 3 is 2.58 bits per heavy atom. The summed E-state index contributed by atoms with van der Waals surface area (Å²) in [6, 6.07) is 12.7. The Bertz CT molecular complexity index is 702. The topological polar surface area (TPSA) is 71.5 Å². The number of hydrogen-bond acceptors (Lipinski definition) is 5. The summed E-state index contributed by atoms with van der Waals surface area (Å²) in [5.41, 5.74) is 1.34. The van der Waals surface area contributed by atoms with Crippen LogP contribution >= 0.6 is 0 Å². The Morgan fingerprint density at radius 2 is 1.92 bits per heavy atom. The lowest BCUT2D eigenvalue weighted by molar-refractivity contribution is -0.129. The molecule has 0 saturated heterocycles. The average Bonchev–Trinajstić information content (AvgIpc) is 2.60. The fraction of sp³-hybridized carbons (Fsp3) is 0.278. The maximum Gasteiger partial charge on any atom is 0.339 e. The molecule has 1 atom stereocenters. The molecule has 1 aromatic carbocycles. The molecule has 0 radical (unpaired) electrons. The molecule has 1 amide bonds. The van der Waals surface area contributed by atoms with Gasteiger partial charge in [-0.3, -0.25) is 4.79 Å². The van der Waals surface area contributed by atoms with Crippen molar-refractivity contribution < 1.29 is 14.3 Å². The lowest BCUT2D eigenvalue weighted by Crippen LogP contribution is -2.35. The molecular formula is C18H21N3O3. The third-order valence-corrected chi connectivity index (χ3v) is 3.40. The monoisotopic (exact) mass is 327 g/mol. The number of nitrogens with one attached hydrogen (secondary N) is 1. The van der Waals surface area contributed by atoms with Crippen LogP contribution in [0.15, 0.2) is 48.7 Å². The molecule has 1 aromatic heterocycles. The molecule has 126 valence electrons. The van der Waals surface area contributed by atoms with E-state index in [0.29, 0.717) is 17.9 Å². The third kappa shape index (κ3) is 4.81. The lowest BCUT2D eigenvalue weighted by Gasteiger charge is -2.15. The first-order valence-corrected chi connectivity index (χ1v) is 7.63. The van der Waals surface area contributed by atoms with E-state index in [2.05, 4.69) is 10.3 Å². The summed E-state index contributed by atoms with van der Waals surface area (Å²) < 4.78 is 5.22. The maximum absolute atomic E-state index is 12.2. The molecule has 1 heterocycles. The van der Waals surface area contributed by atoms with Crippen LogP contribution in [0.1, 0.15) is 22.8 Å². The van der Waals surface area contributed by atoms with Crippen molar-refractivity contribution >= 4 is 17.7 Å². The van der Waals surface area contributed by atoms with Crippen LogP contribution in [-0.2, 0) is 16.1 Å². The van der Waals surface area contributed by atoms with Crippen LogP contribution in [0.5, 0.6) is 0 Å². The van der Waals surface area contributed by atoms with Gasteiger partial charge in [-0.1, -0.05) is 30.3 Å². The van der Waals surface area contributed by atoms with E-state index in [4.69, 9.17) is 4.74 Å². The first-order chi connectivity index (χ1) is 11.5. The van der Waals surface area contributed by atoms with E-state index in [-0.39, 0.29) is 5.91 Å². The van der Waals surface area contributed by atoms with Gasteiger partial charge in [-0.15, -0.1) is 0 Å². The van der Waals surface area contributed by atoms with E-state index < -0.39 is 12.1 Å². The molecule has 6 nitrogen and oxygen atoms in total. The summed E-state index contributed by atoms with van der Waals surface area (Å²) in [4.78, 5) is 30.1. The largest absolute Gasteiger partial charge is 0.449 e. The van der Waals surface area contributed by atoms with Crippen LogP contribution in [0.4, 0.5) is 5.82 Å². The number of aromatic nitrogens is 1. The summed E-state index contributed by atoms with van der Waals surface area (Å²) in [5.74, 6) is -0.248. The van der Waals surface area contributed by atoms with Crippen LogP contribution in [-0.4, -0.2) is 37.1 Å². The molecule has 24 heavy (non-hydrogen) atoms. The molecule has 1 N–H and O–H groups in total. The number of ether oxygens (including phenoxy) is 1. The van der Waals surface area contributed by atoms with Crippen molar-refractivity contribution in [2.45, 2.75) is 19.6 Å². The van der Waals surface area contributed by atoms with Gasteiger partial charge in [0, 0.05) is 26.8 Å². The fourth-order valence-electron chi connectivity index (χ4n) is 2.00. The number of esters is 1. The molecule has 0 unspecified atom stereocenters. The van der Waals surface area contributed by atoms with Crippen LogP contribution in [0.2, 0.25) is 0 Å². The van der Waals surface area contributed by atoms with Gasteiger partial charge in [-0.05, 0) is 24.6 Å². The van der Waals surface area contributed by atoms with E-state index in [1.807, 2.05) is 44.4 Å². The Morgan fingerprint density at radius 1 is 1.21 bits per heavy atom. The van der Waals surface area contributed by atoms with Crippen LogP contribution in [0.3, 0.4) is 0 Å². The fourth-order valence-corrected chi connectivity index (χ4v) is 2.00. The van der Waals surface area contributed by atoms with Crippen molar-refractivity contribution in [1.82, 2.24) is 10.3 Å². The number of benzene rings is 1. The lowest BCUT2D eigenvalue weighted by atomic mass is 10.2. The summed E-state index contributed by atoms with van der Waals surface area (Å²) in [6.07, 6.45) is 0.656. The minimum atomic E-state index is -0.878. The van der Waals surface area contributed by atoms with E-state index in [1.54, 1.807) is 24.0 Å². The molecule has 0 spiro atoms. The van der Waals surface area contributed by atoms with Gasteiger partial charge in [-0.2, -0.15) is 0 Å². The number of anilines is 1. The van der Waals surface area contributed by atoms with Crippen molar-refractivity contribution in [2.24, 2.45) is 0 Å². The van der Waals surface area contributed by atoms with Crippen molar-refractivity contribution in [1.29, 1.82) is 0 Å². The summed E-state index contributed by atoms with van der Waals surface area (Å²) in [6.45, 7) is 1.94. The number of carbonyl (C=O) groups is 2. The molecule has 0 aliphatic rings. The van der Waals surface area contributed by atoms with Gasteiger partial charge in [0.25, 0.3) is 5.91 Å². The number of amides is 1. The van der Waals surface area contributed by atoms with Crippen LogP contribution < -0.4 is 10.2 Å². The molecule has 6 heteroatoms. The third-order valence-electron chi connectivity index (χ3n) is 3.40. The van der Waals surface area contributed by atoms with Gasteiger partial charge in [0.15, 0.2) is 6.10 Å². The Kier molecular flexibility index (Phi) is 5.89. The average molecular weight is 327 g/mol. The Labute approximate surface area is 141 Å². The zero-order valence-corrected chi connectivity index (χ0v) is 14.0. The predicted octanol–water partition coefficient (Wildman–Crippen LogP) is 2.01. The molecule has 2 aromatic rings. The first-order valence-electron chi connectivity index (χ1n) is 7.63. The van der Waals surface area contributed by atoms with Gasteiger partial charge in [0.2, 0.25) is 0 Å². The number of carbonyl (C=O) groups excluding carboxylic acids is 2. The number of pyridine rings is 1. The van der Waals surface area contributed by atoms with E-state index in [0.717, 1.165) is 5.56 Å². The van der Waals surface area contributed by atoms with Gasteiger partial charge >= 0.3 is 5.97 Å². The van der Waals surface area contributed by atoms with Crippen molar-refractivity contribution in [3.8, 4) is 0 Å². The number of rotatable bonds is 6.